The molecule has 1 aromatic rings. The molecule has 1 unspecified atom stereocenters. The molecule has 22 heavy (non-hydrogen) atoms. The zero-order chi connectivity index (χ0) is 15.9. The molecule has 3 rings (SSSR count). The number of rotatable bonds is 3. The van der Waals surface area contributed by atoms with Crippen LogP contribution in [0.2, 0.25) is 0 Å². The van der Waals surface area contributed by atoms with Gasteiger partial charge < -0.3 is 9.64 Å². The maximum absolute atomic E-state index is 12.7. The summed E-state index contributed by atoms with van der Waals surface area (Å²) in [7, 11) is 0. The van der Waals surface area contributed by atoms with Gasteiger partial charge >= 0.3 is 0 Å². The van der Waals surface area contributed by atoms with Crippen LogP contribution in [0.3, 0.4) is 0 Å². The molecule has 1 aromatic carbocycles. The number of amides is 3. The third kappa shape index (κ3) is 2.39. The Balaban J connectivity index is 1.90. The molecule has 0 bridgehead atoms. The molecule has 0 spiro atoms. The maximum Gasteiger partial charge on any atom is 0.256 e. The van der Waals surface area contributed by atoms with E-state index in [0.717, 1.165) is 5.56 Å². The highest BCUT2D eigenvalue weighted by molar-refractivity contribution is 9.10. The summed E-state index contributed by atoms with van der Waals surface area (Å²) in [5, 5.41) is 2.29. The predicted molar refractivity (Wildman–Crippen MR) is 81.4 cm³/mol. The van der Waals surface area contributed by atoms with E-state index in [1.807, 2.05) is 19.1 Å². The normalized spacial score (nSPS) is 20.9. The van der Waals surface area contributed by atoms with Gasteiger partial charge in [0.2, 0.25) is 11.8 Å². The molecule has 7 heteroatoms. The molecular weight excluding hydrogens is 352 g/mol. The Kier molecular flexibility index (Phi) is 3.90. The zero-order valence-electron chi connectivity index (χ0n) is 12.0. The average Bonchev–Trinajstić information content (AvgIpc) is 2.80. The number of hydrogen-bond donors (Lipinski definition) is 1. The van der Waals surface area contributed by atoms with E-state index < -0.39 is 11.9 Å². The third-order valence-electron chi connectivity index (χ3n) is 3.89. The molecule has 1 fully saturated rings. The fourth-order valence-electron chi connectivity index (χ4n) is 2.86. The van der Waals surface area contributed by atoms with Crippen molar-refractivity contribution in [1.29, 1.82) is 0 Å². The second kappa shape index (κ2) is 5.72. The van der Waals surface area contributed by atoms with Crippen LogP contribution < -0.4 is 10.1 Å². The summed E-state index contributed by atoms with van der Waals surface area (Å²) in [4.78, 5) is 37.4. The number of piperidine rings is 1. The molecule has 1 atom stereocenters. The number of imide groups is 1. The number of nitrogens with zero attached hydrogens (tertiary/aromatic N) is 1. The molecule has 2 aliphatic rings. The van der Waals surface area contributed by atoms with E-state index in [-0.39, 0.29) is 18.2 Å². The maximum atomic E-state index is 12.7. The summed E-state index contributed by atoms with van der Waals surface area (Å²) in [6.45, 7) is 2.74. The van der Waals surface area contributed by atoms with Gasteiger partial charge in [-0.05, 0) is 40.9 Å². The van der Waals surface area contributed by atoms with Gasteiger partial charge in [0.05, 0.1) is 16.6 Å². The first-order valence-corrected chi connectivity index (χ1v) is 7.91. The SMILES string of the molecule is CCOc1ccc2c(c1Br)C(=O)N(C1CCC(=O)NC1=O)C2. The summed E-state index contributed by atoms with van der Waals surface area (Å²) < 4.78 is 6.10. The van der Waals surface area contributed by atoms with Crippen molar-refractivity contribution in [2.24, 2.45) is 0 Å². The summed E-state index contributed by atoms with van der Waals surface area (Å²) in [5.74, 6) is -0.290. The minimum absolute atomic E-state index is 0.210. The fraction of sp³-hybridized carbons (Fsp3) is 0.400. The van der Waals surface area contributed by atoms with Gasteiger partial charge in [-0.25, -0.2) is 0 Å². The van der Waals surface area contributed by atoms with Crippen LogP contribution in [-0.4, -0.2) is 35.3 Å². The van der Waals surface area contributed by atoms with Crippen molar-refractivity contribution < 1.29 is 19.1 Å². The van der Waals surface area contributed by atoms with Gasteiger partial charge in [0, 0.05) is 13.0 Å². The molecule has 3 amide bonds. The molecular formula is C15H15BrN2O4. The van der Waals surface area contributed by atoms with Gasteiger partial charge in [0.1, 0.15) is 11.8 Å². The minimum atomic E-state index is -0.597. The van der Waals surface area contributed by atoms with E-state index in [4.69, 9.17) is 4.74 Å². The molecule has 0 aliphatic carbocycles. The summed E-state index contributed by atoms with van der Waals surface area (Å²) >= 11 is 3.42. The van der Waals surface area contributed by atoms with E-state index in [0.29, 0.717) is 35.4 Å². The van der Waals surface area contributed by atoms with Crippen LogP contribution in [0.15, 0.2) is 16.6 Å². The third-order valence-corrected chi connectivity index (χ3v) is 4.68. The Labute approximate surface area is 135 Å². The number of nitrogens with one attached hydrogen (secondary N) is 1. The van der Waals surface area contributed by atoms with Crippen LogP contribution in [0.25, 0.3) is 0 Å². The van der Waals surface area contributed by atoms with E-state index in [2.05, 4.69) is 21.2 Å². The van der Waals surface area contributed by atoms with Gasteiger partial charge in [0.15, 0.2) is 0 Å². The molecule has 0 saturated carbocycles. The van der Waals surface area contributed by atoms with Crippen LogP contribution >= 0.6 is 15.9 Å². The van der Waals surface area contributed by atoms with Crippen molar-refractivity contribution in [2.45, 2.75) is 32.4 Å². The van der Waals surface area contributed by atoms with Crippen LogP contribution in [0.5, 0.6) is 5.75 Å². The highest BCUT2D eigenvalue weighted by Crippen LogP contribution is 2.37. The predicted octanol–water partition coefficient (Wildman–Crippen LogP) is 1.61. The molecule has 2 heterocycles. The summed E-state index contributed by atoms with van der Waals surface area (Å²) in [6.07, 6.45) is 0.613. The van der Waals surface area contributed by atoms with Crippen molar-refractivity contribution >= 4 is 33.7 Å². The highest BCUT2D eigenvalue weighted by atomic mass is 79.9. The molecule has 1 saturated heterocycles. The fourth-order valence-corrected chi connectivity index (χ4v) is 3.53. The topological polar surface area (TPSA) is 75.7 Å². The Bertz CT molecular complexity index is 674. The number of halogens is 1. The first kappa shape index (κ1) is 15.0. The number of carbonyl (C=O) groups excluding carboxylic acids is 3. The lowest BCUT2D eigenvalue weighted by molar-refractivity contribution is -0.136. The van der Waals surface area contributed by atoms with E-state index in [1.165, 1.54) is 4.90 Å². The molecule has 6 nitrogen and oxygen atoms in total. The van der Waals surface area contributed by atoms with Crippen LogP contribution in [-0.2, 0) is 16.1 Å². The molecule has 116 valence electrons. The largest absolute Gasteiger partial charge is 0.493 e. The molecule has 2 aliphatic heterocycles. The Morgan fingerprint density at radius 3 is 2.82 bits per heavy atom. The first-order valence-electron chi connectivity index (χ1n) is 7.11. The van der Waals surface area contributed by atoms with Gasteiger partial charge in [-0.2, -0.15) is 0 Å². The van der Waals surface area contributed by atoms with Crippen LogP contribution in [0.4, 0.5) is 0 Å². The number of hydrogen-bond acceptors (Lipinski definition) is 4. The number of carbonyl (C=O) groups is 3. The van der Waals surface area contributed by atoms with Gasteiger partial charge in [0.25, 0.3) is 5.91 Å². The van der Waals surface area contributed by atoms with E-state index in [9.17, 15) is 14.4 Å². The molecule has 0 radical (unpaired) electrons. The van der Waals surface area contributed by atoms with Crippen molar-refractivity contribution in [2.75, 3.05) is 6.61 Å². The lowest BCUT2D eigenvalue weighted by atomic mass is 10.0. The number of benzene rings is 1. The van der Waals surface area contributed by atoms with Crippen molar-refractivity contribution in [3.05, 3.63) is 27.7 Å². The smallest absolute Gasteiger partial charge is 0.256 e. The van der Waals surface area contributed by atoms with Crippen molar-refractivity contribution in [3.8, 4) is 5.75 Å². The van der Waals surface area contributed by atoms with Gasteiger partial charge in [-0.3, -0.25) is 19.7 Å². The first-order chi connectivity index (χ1) is 10.5. The zero-order valence-corrected chi connectivity index (χ0v) is 13.6. The Morgan fingerprint density at radius 1 is 1.36 bits per heavy atom. The minimum Gasteiger partial charge on any atom is -0.493 e. The standard InChI is InChI=1S/C15H15BrN2O4/c1-2-22-10-5-3-8-7-18(15(21)12(8)13(10)16)9-4-6-11(19)17-14(9)20/h3,5,9H,2,4,6-7H2,1H3,(H,17,19,20). The van der Waals surface area contributed by atoms with E-state index >= 15 is 0 Å². The second-order valence-electron chi connectivity index (χ2n) is 5.24. The lowest BCUT2D eigenvalue weighted by Crippen LogP contribution is -2.52. The summed E-state index contributed by atoms with van der Waals surface area (Å²) in [6, 6.07) is 3.06. The van der Waals surface area contributed by atoms with Gasteiger partial charge in [-0.1, -0.05) is 6.07 Å². The van der Waals surface area contributed by atoms with Gasteiger partial charge in [-0.15, -0.1) is 0 Å². The lowest BCUT2D eigenvalue weighted by Gasteiger charge is -2.29. The quantitative estimate of drug-likeness (QED) is 0.824. The molecule has 0 aromatic heterocycles. The number of fused-ring (bicyclic) bond motifs is 1. The molecule has 1 N–H and O–H groups in total. The highest BCUT2D eigenvalue weighted by Gasteiger charge is 2.40. The monoisotopic (exact) mass is 366 g/mol. The van der Waals surface area contributed by atoms with Crippen molar-refractivity contribution in [1.82, 2.24) is 10.2 Å². The second-order valence-corrected chi connectivity index (χ2v) is 6.04. The van der Waals surface area contributed by atoms with Crippen LogP contribution in [0, 0.1) is 0 Å². The summed E-state index contributed by atoms with van der Waals surface area (Å²) in [5.41, 5.74) is 1.39. The van der Waals surface area contributed by atoms with Crippen LogP contribution in [0.1, 0.15) is 35.7 Å². The van der Waals surface area contributed by atoms with E-state index in [1.54, 1.807) is 0 Å². The Hall–Kier alpha value is -1.89. The Morgan fingerprint density at radius 2 is 2.14 bits per heavy atom. The number of ether oxygens (including phenoxy) is 1. The average molecular weight is 367 g/mol. The van der Waals surface area contributed by atoms with Crippen molar-refractivity contribution in [3.63, 3.8) is 0 Å².